The Morgan fingerprint density at radius 2 is 1.64 bits per heavy atom. The number of Topliss-reactive ketones (excluding diaryl/α,β-unsaturated/α-hetero) is 1. The van der Waals surface area contributed by atoms with E-state index >= 15 is 0 Å². The van der Waals surface area contributed by atoms with Gasteiger partial charge in [0, 0.05) is 51.0 Å². The molecule has 0 fully saturated rings. The molecular formula is C26H23ClN2O4. The van der Waals surface area contributed by atoms with E-state index in [0.717, 1.165) is 28.4 Å². The van der Waals surface area contributed by atoms with Gasteiger partial charge in [0.05, 0.1) is 6.42 Å². The number of rotatable bonds is 8. The third kappa shape index (κ3) is 5.07. The fraction of sp³-hybridized carbons (Fsp3) is 0.192. The molecule has 33 heavy (non-hydrogen) atoms. The number of aryl methyl sites for hydroxylation is 1. The van der Waals surface area contributed by atoms with Gasteiger partial charge < -0.3 is 14.6 Å². The van der Waals surface area contributed by atoms with Crippen molar-refractivity contribution in [2.45, 2.75) is 26.3 Å². The predicted octanol–water partition coefficient (Wildman–Crippen LogP) is 5.61. The van der Waals surface area contributed by atoms with Gasteiger partial charge in [-0.25, -0.2) is 0 Å². The lowest BCUT2D eigenvalue weighted by molar-refractivity contribution is -0.147. The first-order valence-corrected chi connectivity index (χ1v) is 11.1. The van der Waals surface area contributed by atoms with Crippen molar-refractivity contribution in [3.05, 3.63) is 77.3 Å². The molecule has 3 aromatic carbocycles. The number of esters is 1. The second-order valence-electron chi connectivity index (χ2n) is 7.63. The standard InChI is InChI=1S/C26H23ClN2O4/c1-2-29-22-6-4-3-5-20(22)21-15-19(11-12-23(21)29)28-25(31)16-33-26(32)14-13-24(30)17-7-9-18(27)10-8-17/h3-12,15H,2,13-14,16H2,1H3,(H,28,31). The molecule has 0 aliphatic carbocycles. The Morgan fingerprint density at radius 3 is 2.39 bits per heavy atom. The third-order valence-corrected chi connectivity index (χ3v) is 5.71. The Morgan fingerprint density at radius 1 is 0.909 bits per heavy atom. The number of nitrogens with one attached hydrogen (secondary N) is 1. The number of aromatic nitrogens is 1. The number of fused-ring (bicyclic) bond motifs is 3. The van der Waals surface area contributed by atoms with Crippen LogP contribution in [-0.4, -0.2) is 28.8 Å². The van der Waals surface area contributed by atoms with Crippen molar-refractivity contribution in [2.75, 3.05) is 11.9 Å². The number of hydrogen-bond acceptors (Lipinski definition) is 4. The summed E-state index contributed by atoms with van der Waals surface area (Å²) in [5.41, 5.74) is 3.33. The Hall–Kier alpha value is -3.64. The number of amides is 1. The first kappa shape index (κ1) is 22.6. The summed E-state index contributed by atoms with van der Waals surface area (Å²) in [7, 11) is 0. The summed E-state index contributed by atoms with van der Waals surface area (Å²) in [4.78, 5) is 36.4. The monoisotopic (exact) mass is 462 g/mol. The van der Waals surface area contributed by atoms with E-state index in [1.165, 1.54) is 0 Å². The van der Waals surface area contributed by atoms with Gasteiger partial charge in [-0.3, -0.25) is 14.4 Å². The van der Waals surface area contributed by atoms with Crippen LogP contribution < -0.4 is 5.32 Å². The van der Waals surface area contributed by atoms with Gasteiger partial charge in [-0.15, -0.1) is 0 Å². The molecule has 4 aromatic rings. The smallest absolute Gasteiger partial charge is 0.306 e. The van der Waals surface area contributed by atoms with Crippen molar-refractivity contribution < 1.29 is 19.1 Å². The Labute approximate surface area is 196 Å². The molecule has 0 unspecified atom stereocenters. The van der Waals surface area contributed by atoms with Crippen molar-refractivity contribution in [3.8, 4) is 0 Å². The number of anilines is 1. The van der Waals surface area contributed by atoms with E-state index in [1.807, 2.05) is 30.3 Å². The van der Waals surface area contributed by atoms with Gasteiger partial charge in [0.2, 0.25) is 0 Å². The molecule has 1 N–H and O–H groups in total. The molecular weight excluding hydrogens is 440 g/mol. The van der Waals surface area contributed by atoms with Gasteiger partial charge in [-0.2, -0.15) is 0 Å². The summed E-state index contributed by atoms with van der Waals surface area (Å²) in [6.45, 7) is 2.52. The number of benzene rings is 3. The van der Waals surface area contributed by atoms with Crippen molar-refractivity contribution >= 4 is 56.8 Å². The lowest BCUT2D eigenvalue weighted by atomic mass is 10.1. The van der Waals surface area contributed by atoms with Gasteiger partial charge >= 0.3 is 5.97 Å². The number of hydrogen-bond donors (Lipinski definition) is 1. The first-order chi connectivity index (χ1) is 16.0. The average molecular weight is 463 g/mol. The Kier molecular flexibility index (Phi) is 6.75. The fourth-order valence-corrected chi connectivity index (χ4v) is 4.01. The number of carbonyl (C=O) groups excluding carboxylic acids is 3. The van der Waals surface area contributed by atoms with Gasteiger partial charge in [-0.05, 0) is 55.5 Å². The number of ether oxygens (including phenoxy) is 1. The van der Waals surface area contributed by atoms with Crippen LogP contribution in [0.4, 0.5) is 5.69 Å². The van der Waals surface area contributed by atoms with Crippen LogP contribution in [0.15, 0.2) is 66.7 Å². The predicted molar refractivity (Wildman–Crippen MR) is 130 cm³/mol. The molecule has 4 rings (SSSR count). The van der Waals surface area contributed by atoms with E-state index in [1.54, 1.807) is 24.3 Å². The Balaban J connectivity index is 1.33. The number of para-hydroxylation sites is 1. The minimum absolute atomic E-state index is 0.000242. The highest BCUT2D eigenvalue weighted by atomic mass is 35.5. The van der Waals surface area contributed by atoms with Crippen LogP contribution in [0.5, 0.6) is 0 Å². The van der Waals surface area contributed by atoms with Gasteiger partial charge in [0.15, 0.2) is 12.4 Å². The molecule has 0 saturated carbocycles. The highest BCUT2D eigenvalue weighted by Crippen LogP contribution is 2.30. The van der Waals surface area contributed by atoms with Crippen molar-refractivity contribution in [1.29, 1.82) is 0 Å². The zero-order valence-electron chi connectivity index (χ0n) is 18.1. The third-order valence-electron chi connectivity index (χ3n) is 5.46. The number of carbonyl (C=O) groups is 3. The molecule has 0 aliphatic rings. The molecule has 0 spiro atoms. The molecule has 0 bridgehead atoms. The average Bonchev–Trinajstić information content (AvgIpc) is 3.14. The van der Waals surface area contributed by atoms with Crippen LogP contribution in [0.1, 0.15) is 30.1 Å². The molecule has 1 heterocycles. The first-order valence-electron chi connectivity index (χ1n) is 10.7. The van der Waals surface area contributed by atoms with Gasteiger partial charge in [0.1, 0.15) is 0 Å². The maximum absolute atomic E-state index is 12.3. The summed E-state index contributed by atoms with van der Waals surface area (Å²) in [6, 6.07) is 20.3. The lowest BCUT2D eigenvalue weighted by Crippen LogP contribution is -2.21. The largest absolute Gasteiger partial charge is 0.456 e. The molecule has 1 aromatic heterocycles. The van der Waals surface area contributed by atoms with Crippen LogP contribution in [-0.2, 0) is 20.9 Å². The van der Waals surface area contributed by atoms with Crippen LogP contribution in [0.2, 0.25) is 5.02 Å². The topological polar surface area (TPSA) is 77.4 Å². The molecule has 0 aliphatic heterocycles. The zero-order valence-corrected chi connectivity index (χ0v) is 18.9. The van der Waals surface area contributed by atoms with Crippen molar-refractivity contribution in [2.24, 2.45) is 0 Å². The van der Waals surface area contributed by atoms with Crippen molar-refractivity contribution in [3.63, 3.8) is 0 Å². The highest BCUT2D eigenvalue weighted by Gasteiger charge is 2.14. The summed E-state index contributed by atoms with van der Waals surface area (Å²) in [6.07, 6.45) is -0.0997. The van der Waals surface area contributed by atoms with Crippen LogP contribution in [0.3, 0.4) is 0 Å². The second-order valence-corrected chi connectivity index (χ2v) is 8.07. The van der Waals surface area contributed by atoms with Gasteiger partial charge in [0.25, 0.3) is 5.91 Å². The molecule has 168 valence electrons. The Bertz CT molecular complexity index is 1340. The summed E-state index contributed by atoms with van der Waals surface area (Å²) in [5.74, 6) is -1.23. The van der Waals surface area contributed by atoms with E-state index in [9.17, 15) is 14.4 Å². The van der Waals surface area contributed by atoms with E-state index < -0.39 is 18.5 Å². The minimum Gasteiger partial charge on any atom is -0.456 e. The van der Waals surface area contributed by atoms with Crippen molar-refractivity contribution in [1.82, 2.24) is 4.57 Å². The quantitative estimate of drug-likeness (QED) is 0.272. The van der Waals surface area contributed by atoms with E-state index in [0.29, 0.717) is 16.3 Å². The number of ketones is 1. The number of halogens is 1. The maximum atomic E-state index is 12.3. The SMILES string of the molecule is CCn1c2ccccc2c2cc(NC(=O)COC(=O)CCC(=O)c3ccc(Cl)cc3)ccc21. The summed E-state index contributed by atoms with van der Waals surface area (Å²) in [5, 5.41) is 5.46. The lowest BCUT2D eigenvalue weighted by Gasteiger charge is -2.08. The van der Waals surface area contributed by atoms with Crippen LogP contribution in [0.25, 0.3) is 21.8 Å². The highest BCUT2D eigenvalue weighted by molar-refractivity contribution is 6.30. The molecule has 0 atom stereocenters. The molecule has 1 amide bonds. The van der Waals surface area contributed by atoms with Gasteiger partial charge in [-0.1, -0.05) is 29.8 Å². The number of nitrogens with zero attached hydrogens (tertiary/aromatic N) is 1. The fourth-order valence-electron chi connectivity index (χ4n) is 3.88. The minimum atomic E-state index is -0.603. The molecule has 7 heteroatoms. The summed E-state index contributed by atoms with van der Waals surface area (Å²) >= 11 is 5.81. The maximum Gasteiger partial charge on any atom is 0.306 e. The molecule has 0 radical (unpaired) electrons. The van der Waals surface area contributed by atoms with E-state index in [4.69, 9.17) is 16.3 Å². The molecule has 0 saturated heterocycles. The van der Waals surface area contributed by atoms with Crippen LogP contribution >= 0.6 is 11.6 Å². The van der Waals surface area contributed by atoms with E-state index in [-0.39, 0.29) is 18.6 Å². The normalized spacial score (nSPS) is 11.0. The zero-order chi connectivity index (χ0) is 23.4. The summed E-state index contributed by atoms with van der Waals surface area (Å²) < 4.78 is 7.26. The molecule has 6 nitrogen and oxygen atoms in total. The second kappa shape index (κ2) is 9.88. The van der Waals surface area contributed by atoms with E-state index in [2.05, 4.69) is 28.9 Å². The van der Waals surface area contributed by atoms with Crippen LogP contribution in [0, 0.1) is 0 Å².